The zero-order valence-corrected chi connectivity index (χ0v) is 17.6. The highest BCUT2D eigenvalue weighted by atomic mass is 35.5. The first kappa shape index (κ1) is 21.1. The van der Waals surface area contributed by atoms with E-state index in [-0.39, 0.29) is 22.7 Å². The van der Waals surface area contributed by atoms with E-state index >= 15 is 0 Å². The van der Waals surface area contributed by atoms with Gasteiger partial charge in [-0.15, -0.1) is 0 Å². The first-order valence-electron chi connectivity index (χ1n) is 8.96. The van der Waals surface area contributed by atoms with Crippen molar-refractivity contribution in [1.29, 1.82) is 0 Å². The molecule has 10 heteroatoms. The Hall–Kier alpha value is -3.17. The second kappa shape index (κ2) is 7.51. The van der Waals surface area contributed by atoms with Crippen molar-refractivity contribution in [3.8, 4) is 16.9 Å². The van der Waals surface area contributed by atoms with Crippen LogP contribution in [0.2, 0.25) is 5.02 Å². The summed E-state index contributed by atoms with van der Waals surface area (Å²) in [5.41, 5.74) is 0.254. The molecule has 0 unspecified atom stereocenters. The van der Waals surface area contributed by atoms with Crippen LogP contribution in [-0.2, 0) is 16.6 Å². The van der Waals surface area contributed by atoms with Crippen molar-refractivity contribution in [3.05, 3.63) is 76.3 Å². The number of phenolic OH excluding ortho intramolecular Hbond substituents is 1. The predicted molar refractivity (Wildman–Crippen MR) is 112 cm³/mol. The second-order valence-corrected chi connectivity index (χ2v) is 9.10. The number of amides is 1. The van der Waals surface area contributed by atoms with Gasteiger partial charge in [0.2, 0.25) is 0 Å². The molecule has 0 saturated heterocycles. The van der Waals surface area contributed by atoms with Crippen LogP contribution in [0.4, 0.5) is 14.5 Å². The molecule has 3 aromatic rings. The van der Waals surface area contributed by atoms with E-state index in [0.29, 0.717) is 17.2 Å². The van der Waals surface area contributed by atoms with Crippen LogP contribution in [-0.4, -0.2) is 31.4 Å². The summed E-state index contributed by atoms with van der Waals surface area (Å²) < 4.78 is 56.9. The van der Waals surface area contributed by atoms with Gasteiger partial charge in [-0.25, -0.2) is 17.2 Å². The molecule has 160 valence electrons. The van der Waals surface area contributed by atoms with Gasteiger partial charge >= 0.3 is 0 Å². The van der Waals surface area contributed by atoms with Gasteiger partial charge in [0.1, 0.15) is 16.5 Å². The van der Waals surface area contributed by atoms with Crippen molar-refractivity contribution in [1.82, 2.24) is 4.90 Å². The molecule has 6 nitrogen and oxygen atoms in total. The maximum Gasteiger partial charge on any atom is 0.265 e. The second-order valence-electron chi connectivity index (χ2n) is 7.04. The summed E-state index contributed by atoms with van der Waals surface area (Å²) >= 11 is 5.96. The fourth-order valence-corrected chi connectivity index (χ4v) is 4.88. The van der Waals surface area contributed by atoms with Crippen LogP contribution in [0.25, 0.3) is 11.1 Å². The van der Waals surface area contributed by atoms with Crippen molar-refractivity contribution in [2.24, 2.45) is 0 Å². The Balaban J connectivity index is 2.05. The summed E-state index contributed by atoms with van der Waals surface area (Å²) in [7, 11) is -3.10. The average Bonchev–Trinajstić information content (AvgIpc) is 2.71. The zero-order valence-electron chi connectivity index (χ0n) is 16.0. The Labute approximate surface area is 181 Å². The Kier molecular flexibility index (Phi) is 5.10. The van der Waals surface area contributed by atoms with Crippen LogP contribution in [0.5, 0.6) is 5.75 Å². The van der Waals surface area contributed by atoms with Crippen LogP contribution < -0.4 is 4.72 Å². The molecule has 1 heterocycles. The number of carbonyl (C=O) groups is 1. The van der Waals surface area contributed by atoms with Gasteiger partial charge in [-0.05, 0) is 29.3 Å². The van der Waals surface area contributed by atoms with Crippen molar-refractivity contribution in [2.75, 3.05) is 11.8 Å². The number of benzene rings is 3. The fraction of sp³-hybridized carbons (Fsp3) is 0.0952. The Bertz CT molecular complexity index is 1350. The number of nitrogens with zero attached hydrogens (tertiary/aromatic N) is 1. The number of halogens is 3. The van der Waals surface area contributed by atoms with E-state index in [9.17, 15) is 27.1 Å². The minimum Gasteiger partial charge on any atom is -0.505 e. The maximum atomic E-state index is 14.7. The van der Waals surface area contributed by atoms with E-state index in [1.807, 2.05) is 4.72 Å². The van der Waals surface area contributed by atoms with Crippen LogP contribution >= 0.6 is 11.6 Å². The van der Waals surface area contributed by atoms with E-state index in [1.165, 1.54) is 11.9 Å². The Morgan fingerprint density at radius 3 is 2.52 bits per heavy atom. The SMILES string of the molecule is CN1Cc2ccccc2-c2cc(c(F)cc2F)NS(=O)(=O)c2cc(cc(Cl)c2O)C1=O. The molecule has 0 aliphatic carbocycles. The number of carbonyl (C=O) groups excluding carboxylic acids is 1. The number of phenols is 1. The predicted octanol–water partition coefficient (Wildman–Crippen LogP) is 4.38. The third-order valence-corrected chi connectivity index (χ3v) is 6.59. The van der Waals surface area contributed by atoms with Gasteiger partial charge in [-0.3, -0.25) is 9.52 Å². The van der Waals surface area contributed by atoms with Crippen LogP contribution in [0.1, 0.15) is 15.9 Å². The number of nitrogens with one attached hydrogen (secondary N) is 1. The zero-order chi connectivity index (χ0) is 22.5. The molecule has 0 aromatic heterocycles. The van der Waals surface area contributed by atoms with Gasteiger partial charge in [0.25, 0.3) is 15.9 Å². The number of sulfonamides is 1. The molecule has 4 rings (SSSR count). The van der Waals surface area contributed by atoms with Gasteiger partial charge < -0.3 is 10.0 Å². The van der Waals surface area contributed by atoms with Crippen molar-refractivity contribution >= 4 is 33.2 Å². The lowest BCUT2D eigenvalue weighted by molar-refractivity contribution is 0.0785. The summed E-state index contributed by atoms with van der Waals surface area (Å²) in [6.07, 6.45) is 0. The average molecular weight is 465 g/mol. The number of hydrogen-bond donors (Lipinski definition) is 2. The highest BCUT2D eigenvalue weighted by Gasteiger charge is 2.27. The van der Waals surface area contributed by atoms with Gasteiger partial charge in [0, 0.05) is 30.8 Å². The number of rotatable bonds is 0. The highest BCUT2D eigenvalue weighted by Crippen LogP contribution is 2.37. The van der Waals surface area contributed by atoms with E-state index in [4.69, 9.17) is 11.6 Å². The molecule has 1 aliphatic heterocycles. The van der Waals surface area contributed by atoms with Crippen molar-refractivity contribution in [3.63, 3.8) is 0 Å². The Morgan fingerprint density at radius 1 is 1.06 bits per heavy atom. The fourth-order valence-electron chi connectivity index (χ4n) is 3.40. The maximum absolute atomic E-state index is 14.7. The first-order chi connectivity index (χ1) is 14.6. The van der Waals surface area contributed by atoms with E-state index in [2.05, 4.69) is 0 Å². The molecule has 0 spiro atoms. The first-order valence-corrected chi connectivity index (χ1v) is 10.8. The van der Waals surface area contributed by atoms with Gasteiger partial charge in [-0.2, -0.15) is 0 Å². The minimum atomic E-state index is -4.58. The molecule has 1 amide bonds. The molecule has 4 bridgehead atoms. The smallest absolute Gasteiger partial charge is 0.265 e. The van der Waals surface area contributed by atoms with E-state index < -0.39 is 43.9 Å². The standard InChI is InChI=1S/C21H15ClF2N2O4S/c1-26-10-11-4-2-3-5-13(11)14-8-18(17(24)9-16(14)23)25-31(29,30)19-7-12(21(26)28)6-15(22)20(19)27/h2-9,25,27H,10H2,1H3. The van der Waals surface area contributed by atoms with Crippen molar-refractivity contribution in [2.45, 2.75) is 11.4 Å². The monoisotopic (exact) mass is 464 g/mol. The molecular formula is C21H15ClF2N2O4S. The lowest BCUT2D eigenvalue weighted by Gasteiger charge is -2.20. The van der Waals surface area contributed by atoms with Crippen LogP contribution in [0.15, 0.2) is 53.4 Å². The summed E-state index contributed by atoms with van der Waals surface area (Å²) in [6, 6.07) is 10.3. The van der Waals surface area contributed by atoms with Crippen LogP contribution in [0.3, 0.4) is 0 Å². The number of fused-ring (bicyclic) bond motifs is 6. The summed E-state index contributed by atoms with van der Waals surface area (Å²) in [5, 5.41) is 9.84. The molecule has 0 atom stereocenters. The third kappa shape index (κ3) is 3.70. The number of anilines is 1. The molecular weight excluding hydrogens is 450 g/mol. The van der Waals surface area contributed by atoms with Gasteiger partial charge in [0.15, 0.2) is 5.75 Å². The lowest BCUT2D eigenvalue weighted by Crippen LogP contribution is -2.26. The van der Waals surface area contributed by atoms with E-state index in [1.54, 1.807) is 24.3 Å². The summed E-state index contributed by atoms with van der Waals surface area (Å²) in [4.78, 5) is 13.5. The quantitative estimate of drug-likeness (QED) is 0.517. The minimum absolute atomic E-state index is 0.0508. The van der Waals surface area contributed by atoms with E-state index in [0.717, 1.165) is 18.2 Å². The molecule has 0 fully saturated rings. The summed E-state index contributed by atoms with van der Waals surface area (Å²) in [6.45, 7) is 0.0508. The van der Waals surface area contributed by atoms with Gasteiger partial charge in [0.05, 0.1) is 10.7 Å². The molecule has 31 heavy (non-hydrogen) atoms. The molecule has 3 aromatic carbocycles. The third-order valence-electron chi connectivity index (χ3n) is 4.93. The van der Waals surface area contributed by atoms with Crippen molar-refractivity contribution < 1.29 is 27.1 Å². The molecule has 1 aliphatic rings. The largest absolute Gasteiger partial charge is 0.505 e. The number of hydrogen-bond acceptors (Lipinski definition) is 4. The lowest BCUT2D eigenvalue weighted by atomic mass is 9.98. The topological polar surface area (TPSA) is 86.7 Å². The number of aromatic hydroxyl groups is 1. The Morgan fingerprint density at radius 2 is 1.77 bits per heavy atom. The van der Waals surface area contributed by atoms with Gasteiger partial charge in [-0.1, -0.05) is 35.9 Å². The molecule has 0 saturated carbocycles. The molecule has 0 radical (unpaired) electrons. The molecule has 2 N–H and O–H groups in total. The summed E-state index contributed by atoms with van der Waals surface area (Å²) in [5.74, 6) is -3.42. The van der Waals surface area contributed by atoms with Crippen LogP contribution in [0, 0.1) is 11.6 Å². The highest BCUT2D eigenvalue weighted by molar-refractivity contribution is 7.92. The normalized spacial score (nSPS) is 15.2.